The van der Waals surface area contributed by atoms with Crippen LogP contribution in [0.5, 0.6) is 0 Å². The van der Waals surface area contributed by atoms with Gasteiger partial charge in [-0.2, -0.15) is 0 Å². The van der Waals surface area contributed by atoms with Crippen molar-refractivity contribution in [2.24, 2.45) is 11.1 Å². The average Bonchev–Trinajstić information content (AvgIpc) is 2.54. The van der Waals surface area contributed by atoms with Gasteiger partial charge in [0.15, 0.2) is 0 Å². The van der Waals surface area contributed by atoms with Gasteiger partial charge in [-0.05, 0) is 52.0 Å². The number of hydrogen-bond acceptors (Lipinski definition) is 3. The highest BCUT2D eigenvalue weighted by molar-refractivity contribution is 5.80. The van der Waals surface area contributed by atoms with Gasteiger partial charge in [-0.1, -0.05) is 18.5 Å². The van der Waals surface area contributed by atoms with E-state index in [1.54, 1.807) is 0 Å². The Labute approximate surface area is 99.6 Å². The van der Waals surface area contributed by atoms with E-state index in [2.05, 4.69) is 24.4 Å². The highest BCUT2D eigenvalue weighted by atomic mass is 16.6. The molecule has 1 saturated carbocycles. The van der Waals surface area contributed by atoms with Crippen molar-refractivity contribution in [3.63, 3.8) is 0 Å². The molecule has 1 N–H and O–H groups in total. The summed E-state index contributed by atoms with van der Waals surface area (Å²) in [4.78, 5) is 5.42. The molecule has 3 heteroatoms. The van der Waals surface area contributed by atoms with Crippen LogP contribution in [0.3, 0.4) is 0 Å². The first-order valence-electron chi connectivity index (χ1n) is 6.59. The first-order valence-corrected chi connectivity index (χ1v) is 6.59. The second kappa shape index (κ2) is 7.66. The molecule has 2 atom stereocenters. The zero-order chi connectivity index (χ0) is 11.8. The van der Waals surface area contributed by atoms with E-state index in [9.17, 15) is 0 Å². The lowest BCUT2D eigenvalue weighted by molar-refractivity contribution is 0.100. The van der Waals surface area contributed by atoms with Gasteiger partial charge in [0.25, 0.3) is 0 Å². The SMILES string of the molecule is CCC(C)=NOCC1CCCC(NC)CC1. The van der Waals surface area contributed by atoms with Gasteiger partial charge in [0.1, 0.15) is 6.61 Å². The van der Waals surface area contributed by atoms with E-state index in [-0.39, 0.29) is 0 Å². The second-order valence-electron chi connectivity index (χ2n) is 4.84. The van der Waals surface area contributed by atoms with Crippen LogP contribution in [0.25, 0.3) is 0 Å². The Hall–Kier alpha value is -0.570. The van der Waals surface area contributed by atoms with E-state index in [4.69, 9.17) is 4.84 Å². The Morgan fingerprint density at radius 3 is 2.81 bits per heavy atom. The first-order chi connectivity index (χ1) is 7.76. The van der Waals surface area contributed by atoms with Crippen molar-refractivity contribution in [2.75, 3.05) is 13.7 Å². The molecule has 0 amide bonds. The normalized spacial score (nSPS) is 27.6. The van der Waals surface area contributed by atoms with Gasteiger partial charge in [0, 0.05) is 6.04 Å². The lowest BCUT2D eigenvalue weighted by Gasteiger charge is -2.13. The Kier molecular flexibility index (Phi) is 6.46. The predicted molar refractivity (Wildman–Crippen MR) is 68.8 cm³/mol. The summed E-state index contributed by atoms with van der Waals surface area (Å²) >= 11 is 0. The van der Waals surface area contributed by atoms with Crippen molar-refractivity contribution in [3.8, 4) is 0 Å². The van der Waals surface area contributed by atoms with Crippen LogP contribution in [-0.4, -0.2) is 25.4 Å². The van der Waals surface area contributed by atoms with Crippen LogP contribution in [0.1, 0.15) is 52.4 Å². The fourth-order valence-corrected chi connectivity index (χ4v) is 2.15. The molecule has 1 aliphatic rings. The summed E-state index contributed by atoms with van der Waals surface area (Å²) in [6.45, 7) is 4.92. The molecule has 0 aromatic rings. The summed E-state index contributed by atoms with van der Waals surface area (Å²) in [5.41, 5.74) is 1.08. The van der Waals surface area contributed by atoms with Crippen molar-refractivity contribution in [1.29, 1.82) is 0 Å². The third-order valence-corrected chi connectivity index (χ3v) is 3.54. The van der Waals surface area contributed by atoms with Gasteiger partial charge in [0.05, 0.1) is 5.71 Å². The summed E-state index contributed by atoms with van der Waals surface area (Å²) < 4.78 is 0. The molecule has 0 aliphatic heterocycles. The average molecular weight is 226 g/mol. The standard InChI is InChI=1S/C13H26N2O/c1-4-11(2)15-16-10-12-6-5-7-13(14-3)9-8-12/h12-14H,4-10H2,1-3H3. The number of oxime groups is 1. The zero-order valence-corrected chi connectivity index (χ0v) is 11.0. The van der Waals surface area contributed by atoms with Crippen LogP contribution >= 0.6 is 0 Å². The predicted octanol–water partition coefficient (Wildman–Crippen LogP) is 2.96. The lowest BCUT2D eigenvalue weighted by atomic mass is 10.0. The monoisotopic (exact) mass is 226 g/mol. The maximum absolute atomic E-state index is 5.42. The van der Waals surface area contributed by atoms with E-state index in [1.807, 2.05) is 6.92 Å². The molecule has 0 aromatic carbocycles. The van der Waals surface area contributed by atoms with E-state index in [0.717, 1.165) is 18.7 Å². The molecular formula is C13H26N2O. The smallest absolute Gasteiger partial charge is 0.120 e. The molecular weight excluding hydrogens is 200 g/mol. The summed E-state index contributed by atoms with van der Waals surface area (Å²) in [5.74, 6) is 0.701. The van der Waals surface area contributed by atoms with Gasteiger partial charge < -0.3 is 10.2 Å². The molecule has 1 aliphatic carbocycles. The Bertz CT molecular complexity index is 216. The largest absolute Gasteiger partial charge is 0.396 e. The van der Waals surface area contributed by atoms with Crippen LogP contribution in [-0.2, 0) is 4.84 Å². The first kappa shape index (κ1) is 13.5. The Balaban J connectivity index is 2.22. The molecule has 0 heterocycles. The topological polar surface area (TPSA) is 33.6 Å². The van der Waals surface area contributed by atoms with E-state index in [0.29, 0.717) is 12.0 Å². The Morgan fingerprint density at radius 2 is 2.12 bits per heavy atom. The maximum Gasteiger partial charge on any atom is 0.120 e. The number of rotatable bonds is 5. The van der Waals surface area contributed by atoms with Gasteiger partial charge in [-0.25, -0.2) is 0 Å². The molecule has 2 unspecified atom stereocenters. The van der Waals surface area contributed by atoms with E-state index >= 15 is 0 Å². The summed E-state index contributed by atoms with van der Waals surface area (Å²) in [6, 6.07) is 0.714. The molecule has 0 bridgehead atoms. The van der Waals surface area contributed by atoms with Crippen LogP contribution in [0.2, 0.25) is 0 Å². The minimum atomic E-state index is 0.701. The number of nitrogens with one attached hydrogen (secondary N) is 1. The number of nitrogens with zero attached hydrogens (tertiary/aromatic N) is 1. The maximum atomic E-state index is 5.42. The van der Waals surface area contributed by atoms with E-state index in [1.165, 1.54) is 32.1 Å². The molecule has 0 saturated heterocycles. The summed E-state index contributed by atoms with van der Waals surface area (Å²) in [5, 5.41) is 7.49. The fourth-order valence-electron chi connectivity index (χ4n) is 2.15. The van der Waals surface area contributed by atoms with Crippen LogP contribution in [0.15, 0.2) is 5.16 Å². The zero-order valence-electron chi connectivity index (χ0n) is 11.0. The number of hydrogen-bond donors (Lipinski definition) is 1. The second-order valence-corrected chi connectivity index (χ2v) is 4.84. The van der Waals surface area contributed by atoms with Gasteiger partial charge in [0.2, 0.25) is 0 Å². The molecule has 3 nitrogen and oxygen atoms in total. The van der Waals surface area contributed by atoms with Gasteiger partial charge in [-0.15, -0.1) is 0 Å². The lowest BCUT2D eigenvalue weighted by Crippen LogP contribution is -2.24. The molecule has 1 rings (SSSR count). The van der Waals surface area contributed by atoms with Crippen molar-refractivity contribution < 1.29 is 4.84 Å². The highest BCUT2D eigenvalue weighted by Gasteiger charge is 2.18. The van der Waals surface area contributed by atoms with Crippen molar-refractivity contribution >= 4 is 5.71 Å². The molecule has 16 heavy (non-hydrogen) atoms. The third-order valence-electron chi connectivity index (χ3n) is 3.54. The minimum absolute atomic E-state index is 0.701. The van der Waals surface area contributed by atoms with Crippen LogP contribution in [0, 0.1) is 5.92 Å². The summed E-state index contributed by atoms with van der Waals surface area (Å²) in [7, 11) is 2.07. The molecule has 0 radical (unpaired) electrons. The molecule has 0 aromatic heterocycles. The fraction of sp³-hybridized carbons (Fsp3) is 0.923. The molecule has 94 valence electrons. The van der Waals surface area contributed by atoms with Crippen LogP contribution < -0.4 is 5.32 Å². The molecule has 1 fully saturated rings. The van der Waals surface area contributed by atoms with Gasteiger partial charge in [-0.3, -0.25) is 0 Å². The highest BCUT2D eigenvalue weighted by Crippen LogP contribution is 2.23. The third kappa shape index (κ3) is 4.97. The van der Waals surface area contributed by atoms with E-state index < -0.39 is 0 Å². The van der Waals surface area contributed by atoms with Crippen molar-refractivity contribution in [3.05, 3.63) is 0 Å². The summed E-state index contributed by atoms with van der Waals surface area (Å²) in [6.07, 6.45) is 7.44. The minimum Gasteiger partial charge on any atom is -0.396 e. The quantitative estimate of drug-likeness (QED) is 0.444. The van der Waals surface area contributed by atoms with Gasteiger partial charge >= 0.3 is 0 Å². The molecule has 0 spiro atoms. The van der Waals surface area contributed by atoms with Crippen molar-refractivity contribution in [1.82, 2.24) is 5.32 Å². The van der Waals surface area contributed by atoms with Crippen LogP contribution in [0.4, 0.5) is 0 Å². The van der Waals surface area contributed by atoms with Crippen molar-refractivity contribution in [2.45, 2.75) is 58.4 Å². The Morgan fingerprint density at radius 1 is 1.31 bits per heavy atom.